The Labute approximate surface area is 158 Å². The SMILES string of the molecule is CCOc1ccc(C[NH+](C)[C@@H](C)C(=O)Nc2ccc(C)cc2Br)cc1. The third kappa shape index (κ3) is 5.58. The van der Waals surface area contributed by atoms with E-state index >= 15 is 0 Å². The number of ether oxygens (including phenoxy) is 1. The van der Waals surface area contributed by atoms with Crippen LogP contribution in [0.25, 0.3) is 0 Å². The Morgan fingerprint density at radius 1 is 1.24 bits per heavy atom. The van der Waals surface area contributed by atoms with Crippen LogP contribution in [0.3, 0.4) is 0 Å². The molecule has 0 fully saturated rings. The number of hydrogen-bond donors (Lipinski definition) is 2. The molecule has 2 rings (SSSR count). The standard InChI is InChI=1S/C20H25BrN2O2/c1-5-25-17-9-7-16(8-10-17)13-23(4)15(3)20(24)22-19-11-6-14(2)12-18(19)21/h6-12,15H,5,13H2,1-4H3,(H,22,24)/p+1/t15-/m0/s1. The molecule has 25 heavy (non-hydrogen) atoms. The maximum absolute atomic E-state index is 12.5. The highest BCUT2D eigenvalue weighted by atomic mass is 79.9. The van der Waals surface area contributed by atoms with Crippen molar-refractivity contribution in [2.24, 2.45) is 0 Å². The zero-order chi connectivity index (χ0) is 18.4. The van der Waals surface area contributed by atoms with Crippen LogP contribution in [0.1, 0.15) is 25.0 Å². The second kappa shape index (κ2) is 9.02. The third-order valence-electron chi connectivity index (χ3n) is 4.23. The molecule has 134 valence electrons. The van der Waals surface area contributed by atoms with Gasteiger partial charge in [0.2, 0.25) is 0 Å². The summed E-state index contributed by atoms with van der Waals surface area (Å²) in [5, 5.41) is 3.00. The van der Waals surface area contributed by atoms with Crippen molar-refractivity contribution in [2.75, 3.05) is 19.0 Å². The molecule has 0 heterocycles. The first-order valence-electron chi connectivity index (χ1n) is 8.51. The fourth-order valence-electron chi connectivity index (χ4n) is 2.53. The van der Waals surface area contributed by atoms with Gasteiger partial charge in [0.1, 0.15) is 12.3 Å². The number of carbonyl (C=O) groups excluding carboxylic acids is 1. The fraction of sp³-hybridized carbons (Fsp3) is 0.350. The summed E-state index contributed by atoms with van der Waals surface area (Å²) in [6, 6.07) is 13.8. The lowest BCUT2D eigenvalue weighted by Gasteiger charge is -2.21. The van der Waals surface area contributed by atoms with Crippen molar-refractivity contribution in [3.8, 4) is 5.75 Å². The first-order chi connectivity index (χ1) is 11.9. The van der Waals surface area contributed by atoms with E-state index in [4.69, 9.17) is 4.74 Å². The zero-order valence-corrected chi connectivity index (χ0v) is 16.8. The van der Waals surface area contributed by atoms with Gasteiger partial charge in [-0.1, -0.05) is 6.07 Å². The smallest absolute Gasteiger partial charge is 0.282 e. The molecule has 0 aliphatic rings. The highest BCUT2D eigenvalue weighted by molar-refractivity contribution is 9.10. The van der Waals surface area contributed by atoms with Crippen LogP contribution >= 0.6 is 15.9 Å². The molecule has 5 heteroatoms. The van der Waals surface area contributed by atoms with Gasteiger partial charge in [0, 0.05) is 10.0 Å². The van der Waals surface area contributed by atoms with E-state index in [9.17, 15) is 4.79 Å². The van der Waals surface area contributed by atoms with Gasteiger partial charge in [-0.15, -0.1) is 0 Å². The number of carbonyl (C=O) groups is 1. The van der Waals surface area contributed by atoms with Crippen molar-refractivity contribution in [1.82, 2.24) is 0 Å². The van der Waals surface area contributed by atoms with Crippen LogP contribution in [0.15, 0.2) is 46.9 Å². The molecule has 2 N–H and O–H groups in total. The lowest BCUT2D eigenvalue weighted by molar-refractivity contribution is -0.907. The molecule has 1 unspecified atom stereocenters. The molecule has 0 aromatic heterocycles. The van der Waals surface area contributed by atoms with Gasteiger partial charge in [0.15, 0.2) is 6.04 Å². The number of halogens is 1. The number of amides is 1. The molecule has 2 atom stereocenters. The van der Waals surface area contributed by atoms with E-state index in [2.05, 4.69) is 33.4 Å². The summed E-state index contributed by atoms with van der Waals surface area (Å²) < 4.78 is 6.36. The Morgan fingerprint density at radius 3 is 2.52 bits per heavy atom. The summed E-state index contributed by atoms with van der Waals surface area (Å²) in [7, 11) is 2.03. The fourth-order valence-corrected chi connectivity index (χ4v) is 3.12. The average molecular weight is 406 g/mol. The van der Waals surface area contributed by atoms with Crippen LogP contribution in [0, 0.1) is 6.92 Å². The molecule has 0 radical (unpaired) electrons. The minimum absolute atomic E-state index is 0.00740. The topological polar surface area (TPSA) is 42.8 Å². The normalized spacial score (nSPS) is 13.2. The predicted molar refractivity (Wildman–Crippen MR) is 105 cm³/mol. The van der Waals surface area contributed by atoms with Gasteiger partial charge in [0.05, 0.1) is 19.3 Å². The largest absolute Gasteiger partial charge is 0.494 e. The first kappa shape index (κ1) is 19.5. The number of likely N-dealkylation sites (N-methyl/N-ethyl adjacent to an activating group) is 1. The van der Waals surface area contributed by atoms with E-state index in [1.807, 2.05) is 58.2 Å². The Bertz CT molecular complexity index is 716. The summed E-state index contributed by atoms with van der Waals surface area (Å²) >= 11 is 3.50. The van der Waals surface area contributed by atoms with Crippen LogP contribution in [0.2, 0.25) is 0 Å². The van der Waals surface area contributed by atoms with Crippen molar-refractivity contribution in [1.29, 1.82) is 0 Å². The molecule has 0 aliphatic heterocycles. The number of aryl methyl sites for hydroxylation is 1. The van der Waals surface area contributed by atoms with Gasteiger partial charge in [-0.2, -0.15) is 0 Å². The third-order valence-corrected chi connectivity index (χ3v) is 4.89. The first-order valence-corrected chi connectivity index (χ1v) is 9.31. The van der Waals surface area contributed by atoms with Gasteiger partial charge in [-0.05, 0) is 78.7 Å². The highest BCUT2D eigenvalue weighted by Gasteiger charge is 2.22. The maximum Gasteiger partial charge on any atom is 0.282 e. The Hall–Kier alpha value is -1.85. The van der Waals surface area contributed by atoms with E-state index in [-0.39, 0.29) is 11.9 Å². The van der Waals surface area contributed by atoms with Crippen molar-refractivity contribution in [3.05, 3.63) is 58.1 Å². The molecular formula is C20H26BrN2O2+. The number of anilines is 1. The number of rotatable bonds is 7. The predicted octanol–water partition coefficient (Wildman–Crippen LogP) is 3.20. The van der Waals surface area contributed by atoms with Crippen LogP contribution in [0.5, 0.6) is 5.75 Å². The molecule has 2 aromatic carbocycles. The Kier molecular flexibility index (Phi) is 7.02. The van der Waals surface area contributed by atoms with E-state index in [0.29, 0.717) is 6.61 Å². The molecule has 0 aliphatic carbocycles. The minimum Gasteiger partial charge on any atom is -0.494 e. The minimum atomic E-state index is -0.167. The monoisotopic (exact) mass is 405 g/mol. The van der Waals surface area contributed by atoms with Crippen molar-refractivity contribution in [2.45, 2.75) is 33.4 Å². The van der Waals surface area contributed by atoms with Crippen molar-refractivity contribution >= 4 is 27.5 Å². The Balaban J connectivity index is 1.96. The van der Waals surface area contributed by atoms with Crippen LogP contribution in [0.4, 0.5) is 5.69 Å². The maximum atomic E-state index is 12.5. The number of nitrogens with one attached hydrogen (secondary N) is 2. The van der Waals surface area contributed by atoms with Crippen LogP contribution in [-0.4, -0.2) is 25.6 Å². The summed E-state index contributed by atoms with van der Waals surface area (Å²) in [6.07, 6.45) is 0. The average Bonchev–Trinajstić information content (AvgIpc) is 2.58. The molecule has 0 spiro atoms. The van der Waals surface area contributed by atoms with E-state index < -0.39 is 0 Å². The van der Waals surface area contributed by atoms with Gasteiger partial charge >= 0.3 is 0 Å². The quantitative estimate of drug-likeness (QED) is 0.742. The summed E-state index contributed by atoms with van der Waals surface area (Å²) in [4.78, 5) is 13.7. The molecular weight excluding hydrogens is 380 g/mol. The second-order valence-corrected chi connectivity index (χ2v) is 7.15. The van der Waals surface area contributed by atoms with Gasteiger partial charge in [0.25, 0.3) is 5.91 Å². The van der Waals surface area contributed by atoms with Crippen LogP contribution in [-0.2, 0) is 11.3 Å². The van der Waals surface area contributed by atoms with E-state index in [1.54, 1.807) is 0 Å². The molecule has 0 saturated carbocycles. The molecule has 0 bridgehead atoms. The van der Waals surface area contributed by atoms with E-state index in [1.165, 1.54) is 5.56 Å². The number of quaternary nitrogens is 1. The summed E-state index contributed by atoms with van der Waals surface area (Å²) in [6.45, 7) is 7.37. The number of benzene rings is 2. The lowest BCUT2D eigenvalue weighted by atomic mass is 10.1. The summed E-state index contributed by atoms with van der Waals surface area (Å²) in [5.74, 6) is 0.881. The molecule has 0 saturated heterocycles. The van der Waals surface area contributed by atoms with Crippen LogP contribution < -0.4 is 15.0 Å². The molecule has 1 amide bonds. The van der Waals surface area contributed by atoms with Crippen molar-refractivity contribution < 1.29 is 14.4 Å². The van der Waals surface area contributed by atoms with E-state index in [0.717, 1.165) is 32.9 Å². The molecule has 4 nitrogen and oxygen atoms in total. The van der Waals surface area contributed by atoms with Gasteiger partial charge in [-0.3, -0.25) is 4.79 Å². The number of hydrogen-bond acceptors (Lipinski definition) is 2. The second-order valence-electron chi connectivity index (χ2n) is 6.29. The summed E-state index contributed by atoms with van der Waals surface area (Å²) in [5.41, 5.74) is 3.13. The van der Waals surface area contributed by atoms with Gasteiger partial charge < -0.3 is 15.0 Å². The molecule has 2 aromatic rings. The lowest BCUT2D eigenvalue weighted by Crippen LogP contribution is -3.12. The zero-order valence-electron chi connectivity index (χ0n) is 15.2. The Morgan fingerprint density at radius 2 is 1.92 bits per heavy atom. The highest BCUT2D eigenvalue weighted by Crippen LogP contribution is 2.23. The van der Waals surface area contributed by atoms with Crippen molar-refractivity contribution in [3.63, 3.8) is 0 Å². The van der Waals surface area contributed by atoms with Gasteiger partial charge in [-0.25, -0.2) is 0 Å².